The SMILES string of the molecule is CC(C)C[C@H](NC(=O)[C@@H](CC(=O)c1cnccn1)Cc1ccccc1)B(O)O.CCN(CCO)CC(=O)O.CC[N+]12CC(=O)O[B-]1([C@@H](CC(=O)[C@H](Cc1ccccc1)NC(=O)c1cnccn1)CC(C)C)OC(=O)C2. The molecule has 2 aromatic carbocycles. The molecule has 4 atom stereocenters. The highest BCUT2D eigenvalue weighted by atomic mass is 16.7. The van der Waals surface area contributed by atoms with Crippen molar-refractivity contribution in [3.8, 4) is 0 Å². The lowest BCUT2D eigenvalue weighted by atomic mass is 9.51. The van der Waals surface area contributed by atoms with Gasteiger partial charge in [0.25, 0.3) is 5.91 Å². The fourth-order valence-corrected chi connectivity index (χ4v) is 9.47. The predicted molar refractivity (Wildman–Crippen MR) is 278 cm³/mol. The lowest BCUT2D eigenvalue weighted by molar-refractivity contribution is -0.814. The molecule has 0 spiro atoms. The number of carboxylic acid groups (broad SMARTS) is 1. The van der Waals surface area contributed by atoms with E-state index in [4.69, 9.17) is 19.5 Å². The van der Waals surface area contributed by atoms with E-state index in [1.165, 1.54) is 37.2 Å². The van der Waals surface area contributed by atoms with Crippen molar-refractivity contribution in [2.24, 2.45) is 17.8 Å². The molecule has 0 aliphatic carbocycles. The third kappa shape index (κ3) is 18.5. The molecular formula is C52H72B2N8O13. The number of carbonyl (C=O) groups excluding carboxylic acids is 6. The molecule has 2 fully saturated rings. The number of hydrogen-bond acceptors (Lipinski definition) is 17. The number of amides is 2. The van der Waals surface area contributed by atoms with E-state index < -0.39 is 61.3 Å². The van der Waals surface area contributed by atoms with E-state index in [2.05, 4.69) is 30.6 Å². The fraction of sp³-hybridized carbons (Fsp3) is 0.481. The fourth-order valence-electron chi connectivity index (χ4n) is 9.47. The number of hydrogen-bond donors (Lipinski definition) is 6. The molecule has 0 saturated carbocycles. The van der Waals surface area contributed by atoms with Crippen LogP contribution in [-0.4, -0.2) is 162 Å². The van der Waals surface area contributed by atoms with Crippen LogP contribution in [0.3, 0.4) is 0 Å². The van der Waals surface area contributed by atoms with Crippen molar-refractivity contribution < 1.29 is 67.5 Å². The Bertz CT molecular complexity index is 2440. The minimum atomic E-state index is -2.42. The van der Waals surface area contributed by atoms with E-state index in [0.29, 0.717) is 38.9 Å². The summed E-state index contributed by atoms with van der Waals surface area (Å²) < 4.78 is 11.8. The Morgan fingerprint density at radius 2 is 1.31 bits per heavy atom. The maximum absolute atomic E-state index is 13.9. The number of quaternary nitrogens is 1. The number of aliphatic carboxylic acids is 1. The van der Waals surface area contributed by atoms with Gasteiger partial charge in [0.15, 0.2) is 11.6 Å². The number of aliphatic hydroxyl groups excluding tert-OH is 1. The third-order valence-electron chi connectivity index (χ3n) is 13.1. The molecule has 2 aromatic heterocycles. The number of ketones is 2. The second kappa shape index (κ2) is 29.9. The number of nitrogens with zero attached hydrogens (tertiary/aromatic N) is 6. The highest BCUT2D eigenvalue weighted by Crippen LogP contribution is 2.47. The summed E-state index contributed by atoms with van der Waals surface area (Å²) in [6, 6.07) is 17.9. The Labute approximate surface area is 438 Å². The van der Waals surface area contributed by atoms with Crippen LogP contribution in [0.5, 0.6) is 0 Å². The topological polar surface area (TPSA) is 298 Å². The van der Waals surface area contributed by atoms with Gasteiger partial charge in [0.1, 0.15) is 24.5 Å². The van der Waals surface area contributed by atoms with Crippen molar-refractivity contribution in [1.29, 1.82) is 0 Å². The van der Waals surface area contributed by atoms with Crippen molar-refractivity contribution in [2.75, 3.05) is 45.9 Å². The first-order chi connectivity index (χ1) is 35.7. The number of aromatic nitrogens is 4. The second-order valence-electron chi connectivity index (χ2n) is 19.7. The van der Waals surface area contributed by atoms with Crippen molar-refractivity contribution in [1.82, 2.24) is 35.5 Å². The number of benzene rings is 2. The summed E-state index contributed by atoms with van der Waals surface area (Å²) in [5.74, 6) is -4.77. The maximum Gasteiger partial charge on any atom is 0.587 e. The monoisotopic (exact) mass is 1040 g/mol. The summed E-state index contributed by atoms with van der Waals surface area (Å²) in [5.41, 5.74) is 2.10. The van der Waals surface area contributed by atoms with Crippen LogP contribution < -0.4 is 10.6 Å². The number of aliphatic hydroxyl groups is 1. The van der Waals surface area contributed by atoms with E-state index in [1.54, 1.807) is 4.90 Å². The molecule has 0 radical (unpaired) electrons. The molecule has 0 unspecified atom stereocenters. The van der Waals surface area contributed by atoms with Gasteiger partial charge in [-0.2, -0.15) is 0 Å². The summed E-state index contributed by atoms with van der Waals surface area (Å²) in [5, 5.41) is 41.5. The van der Waals surface area contributed by atoms with E-state index >= 15 is 0 Å². The Balaban J connectivity index is 0.000000282. The number of Topliss-reactive ketones (excluding diaryl/α,β-unsaturated/α-hetero) is 2. The molecule has 2 amide bonds. The minimum Gasteiger partial charge on any atom is -0.600 e. The summed E-state index contributed by atoms with van der Waals surface area (Å²) in [4.78, 5) is 105. The Hall–Kier alpha value is -6.78. The van der Waals surface area contributed by atoms with Crippen molar-refractivity contribution >= 4 is 55.1 Å². The molecule has 21 nitrogen and oxygen atoms in total. The summed E-state index contributed by atoms with van der Waals surface area (Å²) >= 11 is 0. The molecule has 2 aliphatic rings. The van der Waals surface area contributed by atoms with Gasteiger partial charge < -0.3 is 44.6 Å². The molecule has 4 heterocycles. The molecule has 2 saturated heterocycles. The Kier molecular flexibility index (Phi) is 24.3. The number of carboxylic acids is 1. The van der Waals surface area contributed by atoms with Gasteiger partial charge >= 0.3 is 31.7 Å². The third-order valence-corrected chi connectivity index (χ3v) is 13.1. The molecule has 6 rings (SSSR count). The zero-order valence-electron chi connectivity index (χ0n) is 43.7. The number of fused-ring (bicyclic) bond motifs is 1. The molecular weight excluding hydrogens is 966 g/mol. The number of nitrogens with one attached hydrogen (secondary N) is 2. The van der Waals surface area contributed by atoms with Crippen LogP contribution in [0.1, 0.15) is 99.3 Å². The van der Waals surface area contributed by atoms with Gasteiger partial charge in [-0.25, -0.2) is 9.97 Å². The van der Waals surface area contributed by atoms with Crippen LogP contribution in [0, 0.1) is 17.8 Å². The van der Waals surface area contributed by atoms with Crippen LogP contribution in [-0.2, 0) is 46.1 Å². The average molecular weight is 1040 g/mol. The maximum atomic E-state index is 13.9. The molecule has 2 aliphatic heterocycles. The molecule has 0 bridgehead atoms. The van der Waals surface area contributed by atoms with Gasteiger partial charge in [0, 0.05) is 50.2 Å². The van der Waals surface area contributed by atoms with Gasteiger partial charge in [-0.15, -0.1) is 0 Å². The van der Waals surface area contributed by atoms with Gasteiger partial charge in [0.2, 0.25) is 5.91 Å². The van der Waals surface area contributed by atoms with E-state index in [-0.39, 0.29) is 90.6 Å². The Morgan fingerprint density at radius 3 is 1.77 bits per heavy atom. The zero-order valence-corrected chi connectivity index (χ0v) is 43.7. The van der Waals surface area contributed by atoms with Crippen molar-refractivity contribution in [2.45, 2.75) is 97.9 Å². The summed E-state index contributed by atoms with van der Waals surface area (Å²) in [6.45, 7) is 10.9. The van der Waals surface area contributed by atoms with E-state index in [9.17, 15) is 43.6 Å². The van der Waals surface area contributed by atoms with E-state index in [1.807, 2.05) is 102 Å². The summed E-state index contributed by atoms with van der Waals surface area (Å²) in [6.07, 6.45) is 9.99. The standard InChI is InChI=1S/C26H33BN4O6.C20H26BN3O4.C6H13NO3/c1-4-31-16-24(33)36-27(31,37-25(34)17-31)20(12-18(2)3)14-23(32)21(13-19-8-6-5-7-9-19)30-26(35)22-15-28-10-11-29-22;1-14(2)10-19(21(27)28)24-20(26)16(11-15-6-4-3-5-7-15)12-18(25)17-13-22-8-9-23-17;1-2-7(3-4-8)5-6(9)10/h5-11,15,18,20-21H,4,12-14,16-17H2,1-3H3,(H,30,35);3-9,13-14,16,19,27-28H,10-12H2,1-2H3,(H,24,26);8H,2-5H2,1H3,(H,9,10)/t20-,21+,27?,31?;16-,19+;/m11./s1. The molecule has 6 N–H and O–H groups in total. The largest absolute Gasteiger partial charge is 0.600 e. The highest BCUT2D eigenvalue weighted by Gasteiger charge is 2.69. The number of likely N-dealkylation sites (N-methyl/N-ethyl adjacent to an activating group) is 2. The van der Waals surface area contributed by atoms with Gasteiger partial charge in [-0.1, -0.05) is 102 Å². The van der Waals surface area contributed by atoms with Gasteiger partial charge in [-0.3, -0.25) is 48.4 Å². The highest BCUT2D eigenvalue weighted by molar-refractivity contribution is 6.67. The van der Waals surface area contributed by atoms with Crippen LogP contribution in [0.2, 0.25) is 5.82 Å². The van der Waals surface area contributed by atoms with Gasteiger partial charge in [-0.05, 0) is 67.9 Å². The molecule has 23 heteroatoms. The number of carbonyl (C=O) groups is 7. The van der Waals surface area contributed by atoms with Gasteiger partial charge in [0.05, 0.1) is 37.5 Å². The molecule has 75 heavy (non-hydrogen) atoms. The Morgan fingerprint density at radius 1 is 0.760 bits per heavy atom. The van der Waals surface area contributed by atoms with Crippen LogP contribution in [0.25, 0.3) is 0 Å². The van der Waals surface area contributed by atoms with Crippen molar-refractivity contribution in [3.05, 3.63) is 120 Å². The predicted octanol–water partition coefficient (Wildman–Crippen LogP) is 2.92. The first-order valence-corrected chi connectivity index (χ1v) is 25.4. The normalized spacial score (nSPS) is 18.2. The number of rotatable bonds is 26. The van der Waals surface area contributed by atoms with Crippen LogP contribution >= 0.6 is 0 Å². The molecule has 4 aromatic rings. The lowest BCUT2D eigenvalue weighted by Gasteiger charge is -2.47. The second-order valence-corrected chi connectivity index (χ2v) is 19.7. The smallest absolute Gasteiger partial charge is 0.587 e. The first kappa shape index (κ1) is 60.8. The lowest BCUT2D eigenvalue weighted by Crippen LogP contribution is -2.65. The van der Waals surface area contributed by atoms with Crippen LogP contribution in [0.15, 0.2) is 97.8 Å². The minimum absolute atomic E-state index is 0.0110. The summed E-state index contributed by atoms with van der Waals surface area (Å²) in [7, 11) is -1.67. The van der Waals surface area contributed by atoms with Crippen LogP contribution in [0.4, 0.5) is 0 Å². The van der Waals surface area contributed by atoms with Crippen molar-refractivity contribution in [3.63, 3.8) is 0 Å². The molecule has 404 valence electrons. The average Bonchev–Trinajstić information content (AvgIpc) is 3.82. The van der Waals surface area contributed by atoms with E-state index in [0.717, 1.165) is 11.1 Å². The first-order valence-electron chi connectivity index (χ1n) is 25.4. The zero-order chi connectivity index (χ0) is 55.1. The quantitative estimate of drug-likeness (QED) is 0.0389.